The molecular weight excluding hydrogens is 314 g/mol. The van der Waals surface area contributed by atoms with Crippen LogP contribution in [-0.4, -0.2) is 19.1 Å². The second-order valence-electron chi connectivity index (χ2n) is 5.06. The summed E-state index contributed by atoms with van der Waals surface area (Å²) < 4.78 is 11.0. The van der Waals surface area contributed by atoms with Crippen molar-refractivity contribution in [3.8, 4) is 11.5 Å². The highest BCUT2D eigenvalue weighted by Crippen LogP contribution is 2.38. The first-order valence-corrected chi connectivity index (χ1v) is 7.69. The van der Waals surface area contributed by atoms with E-state index in [0.29, 0.717) is 36.3 Å². The first kappa shape index (κ1) is 15.4. The van der Waals surface area contributed by atoms with Crippen LogP contribution < -0.4 is 14.8 Å². The topological polar surface area (TPSA) is 47.6 Å². The molecule has 2 aromatic carbocycles. The average molecular weight is 330 g/mol. The maximum absolute atomic E-state index is 11.9. The Kier molecular flexibility index (Phi) is 4.83. The van der Waals surface area contributed by atoms with Crippen molar-refractivity contribution in [3.63, 3.8) is 0 Å². The Bertz CT molecular complexity index is 729. The normalized spacial score (nSPS) is 13.1. The molecule has 0 radical (unpaired) electrons. The molecule has 0 aromatic heterocycles. The van der Waals surface area contributed by atoms with Gasteiger partial charge in [-0.2, -0.15) is 0 Å². The van der Waals surface area contributed by atoms with Gasteiger partial charge in [0.1, 0.15) is 13.2 Å². The van der Waals surface area contributed by atoms with E-state index in [1.54, 1.807) is 12.1 Å². The van der Waals surface area contributed by atoms with Crippen LogP contribution in [-0.2, 0) is 11.3 Å². The van der Waals surface area contributed by atoms with Gasteiger partial charge in [-0.1, -0.05) is 41.9 Å². The number of carbonyl (C=O) groups excluding carboxylic acids is 1. The monoisotopic (exact) mass is 329 g/mol. The number of ether oxygens (including phenoxy) is 2. The van der Waals surface area contributed by atoms with Crippen LogP contribution in [0.4, 0.5) is 0 Å². The van der Waals surface area contributed by atoms with Gasteiger partial charge in [-0.05, 0) is 29.3 Å². The fourth-order valence-electron chi connectivity index (χ4n) is 2.25. The van der Waals surface area contributed by atoms with Crippen molar-refractivity contribution in [2.75, 3.05) is 13.2 Å². The third kappa shape index (κ3) is 4.05. The molecule has 5 heteroatoms. The molecule has 0 spiro atoms. The Morgan fingerprint density at radius 1 is 1.17 bits per heavy atom. The predicted octanol–water partition coefficient (Wildman–Crippen LogP) is 3.44. The molecule has 1 amide bonds. The first-order chi connectivity index (χ1) is 11.2. The van der Waals surface area contributed by atoms with Gasteiger partial charge >= 0.3 is 0 Å². The molecule has 0 atom stereocenters. The summed E-state index contributed by atoms with van der Waals surface area (Å²) in [6, 6.07) is 13.3. The second kappa shape index (κ2) is 7.20. The van der Waals surface area contributed by atoms with Gasteiger partial charge in [-0.15, -0.1) is 0 Å². The van der Waals surface area contributed by atoms with E-state index in [4.69, 9.17) is 21.1 Å². The largest absolute Gasteiger partial charge is 0.486 e. The minimum atomic E-state index is -0.167. The Labute approximate surface area is 139 Å². The summed E-state index contributed by atoms with van der Waals surface area (Å²) in [6.07, 6.45) is 3.28. The molecule has 118 valence electrons. The van der Waals surface area contributed by atoms with E-state index in [2.05, 4.69) is 5.32 Å². The highest BCUT2D eigenvalue weighted by molar-refractivity contribution is 6.32. The molecular formula is C18H16ClNO3. The van der Waals surface area contributed by atoms with Crippen LogP contribution in [0.2, 0.25) is 5.02 Å². The molecule has 23 heavy (non-hydrogen) atoms. The molecule has 1 heterocycles. The number of hydrogen-bond acceptors (Lipinski definition) is 3. The van der Waals surface area contributed by atoms with Crippen LogP contribution in [0, 0.1) is 0 Å². The number of halogens is 1. The van der Waals surface area contributed by atoms with Crippen LogP contribution >= 0.6 is 11.6 Å². The maximum Gasteiger partial charge on any atom is 0.244 e. The Hall–Kier alpha value is -2.46. The smallest absolute Gasteiger partial charge is 0.244 e. The number of rotatable bonds is 4. The molecule has 1 aliphatic heterocycles. The average Bonchev–Trinajstić information content (AvgIpc) is 2.59. The summed E-state index contributed by atoms with van der Waals surface area (Å²) >= 11 is 6.17. The third-order valence-electron chi connectivity index (χ3n) is 3.35. The summed E-state index contributed by atoms with van der Waals surface area (Å²) in [5.41, 5.74) is 1.84. The van der Waals surface area contributed by atoms with Crippen molar-refractivity contribution < 1.29 is 14.3 Å². The van der Waals surface area contributed by atoms with Crippen molar-refractivity contribution in [2.24, 2.45) is 0 Å². The zero-order chi connectivity index (χ0) is 16.1. The maximum atomic E-state index is 11.9. The van der Waals surface area contributed by atoms with Gasteiger partial charge in [0, 0.05) is 12.6 Å². The number of nitrogens with one attached hydrogen (secondary N) is 1. The zero-order valence-electron chi connectivity index (χ0n) is 12.4. The minimum absolute atomic E-state index is 0.167. The van der Waals surface area contributed by atoms with Gasteiger partial charge < -0.3 is 14.8 Å². The van der Waals surface area contributed by atoms with Gasteiger partial charge in [0.25, 0.3) is 0 Å². The van der Waals surface area contributed by atoms with Gasteiger partial charge in [-0.3, -0.25) is 4.79 Å². The van der Waals surface area contributed by atoms with E-state index in [1.165, 1.54) is 6.08 Å². The van der Waals surface area contributed by atoms with E-state index in [1.807, 2.05) is 36.4 Å². The Morgan fingerprint density at radius 2 is 1.96 bits per heavy atom. The number of carbonyl (C=O) groups is 1. The minimum Gasteiger partial charge on any atom is -0.486 e. The third-order valence-corrected chi connectivity index (χ3v) is 3.63. The molecule has 0 unspecified atom stereocenters. The molecule has 0 aliphatic carbocycles. The highest BCUT2D eigenvalue weighted by Gasteiger charge is 2.16. The van der Waals surface area contributed by atoms with E-state index >= 15 is 0 Å². The fraction of sp³-hybridized carbons (Fsp3) is 0.167. The molecule has 4 nitrogen and oxygen atoms in total. The van der Waals surface area contributed by atoms with Gasteiger partial charge in [0.2, 0.25) is 5.91 Å². The summed E-state index contributed by atoms with van der Waals surface area (Å²) in [7, 11) is 0. The second-order valence-corrected chi connectivity index (χ2v) is 5.47. The number of hydrogen-bond donors (Lipinski definition) is 1. The van der Waals surface area contributed by atoms with Crippen molar-refractivity contribution in [2.45, 2.75) is 6.54 Å². The number of amides is 1. The van der Waals surface area contributed by atoms with Crippen LogP contribution in [0.3, 0.4) is 0 Å². The van der Waals surface area contributed by atoms with E-state index in [9.17, 15) is 4.79 Å². The molecule has 0 bridgehead atoms. The van der Waals surface area contributed by atoms with Gasteiger partial charge in [0.15, 0.2) is 11.5 Å². The summed E-state index contributed by atoms with van der Waals surface area (Å²) in [4.78, 5) is 11.9. The van der Waals surface area contributed by atoms with Crippen molar-refractivity contribution in [1.29, 1.82) is 0 Å². The molecule has 1 N–H and O–H groups in total. The zero-order valence-corrected chi connectivity index (χ0v) is 13.2. The quantitative estimate of drug-likeness (QED) is 0.874. The lowest BCUT2D eigenvalue weighted by molar-refractivity contribution is -0.116. The molecule has 2 aromatic rings. The van der Waals surface area contributed by atoms with Crippen LogP contribution in [0.5, 0.6) is 11.5 Å². The molecule has 0 saturated carbocycles. The standard InChI is InChI=1S/C18H16ClNO3/c19-15-10-14(11-16-18(15)23-9-8-22-16)12-20-17(21)7-6-13-4-2-1-3-5-13/h1-7,10-11H,8-9,12H2,(H,20,21)/b7-6+. The molecule has 3 rings (SSSR count). The van der Waals surface area contributed by atoms with Crippen LogP contribution in [0.25, 0.3) is 6.08 Å². The lowest BCUT2D eigenvalue weighted by Crippen LogP contribution is -2.21. The van der Waals surface area contributed by atoms with Gasteiger partial charge in [0.05, 0.1) is 5.02 Å². The number of fused-ring (bicyclic) bond motifs is 1. The van der Waals surface area contributed by atoms with Gasteiger partial charge in [-0.25, -0.2) is 0 Å². The molecule has 0 fully saturated rings. The Balaban J connectivity index is 1.61. The van der Waals surface area contributed by atoms with E-state index in [-0.39, 0.29) is 5.91 Å². The molecule has 0 saturated heterocycles. The van der Waals surface area contributed by atoms with Crippen LogP contribution in [0.15, 0.2) is 48.5 Å². The fourth-order valence-corrected chi connectivity index (χ4v) is 2.54. The summed E-state index contributed by atoms with van der Waals surface area (Å²) in [5.74, 6) is 1.02. The van der Waals surface area contributed by atoms with E-state index < -0.39 is 0 Å². The SMILES string of the molecule is O=C(/C=C/c1ccccc1)NCc1cc(Cl)c2c(c1)OCCO2. The van der Waals surface area contributed by atoms with Crippen LogP contribution in [0.1, 0.15) is 11.1 Å². The van der Waals surface area contributed by atoms with Crippen molar-refractivity contribution in [3.05, 3.63) is 64.7 Å². The van der Waals surface area contributed by atoms with E-state index in [0.717, 1.165) is 11.1 Å². The number of benzene rings is 2. The highest BCUT2D eigenvalue weighted by atomic mass is 35.5. The summed E-state index contributed by atoms with van der Waals surface area (Å²) in [5, 5.41) is 3.31. The van der Waals surface area contributed by atoms with Crippen molar-refractivity contribution >= 4 is 23.6 Å². The first-order valence-electron chi connectivity index (χ1n) is 7.31. The summed E-state index contributed by atoms with van der Waals surface area (Å²) in [6.45, 7) is 1.36. The predicted molar refractivity (Wildman–Crippen MR) is 89.8 cm³/mol. The molecule has 1 aliphatic rings. The lowest BCUT2D eigenvalue weighted by Gasteiger charge is -2.20. The van der Waals surface area contributed by atoms with Crippen molar-refractivity contribution in [1.82, 2.24) is 5.32 Å². The lowest BCUT2D eigenvalue weighted by atomic mass is 10.2. The Morgan fingerprint density at radius 3 is 2.78 bits per heavy atom.